The molecule has 0 aromatic carbocycles. The van der Waals surface area contributed by atoms with Gasteiger partial charge in [-0.15, -0.1) is 0 Å². The zero-order valence-corrected chi connectivity index (χ0v) is 30.2. The van der Waals surface area contributed by atoms with Crippen molar-refractivity contribution in [2.75, 3.05) is 6.61 Å². The summed E-state index contributed by atoms with van der Waals surface area (Å²) in [4.78, 5) is 0. The summed E-state index contributed by atoms with van der Waals surface area (Å²) >= 11 is 0. The SMILES string of the molecule is C[C@H](CCO[Si](C)(C)C)[C@H]1CCC2C3C(O[Si](C)(C)C)=CC4C[C@H](O[Si](C)(C)C)CC[C@]4(C)C3CC[C@@]21C. The maximum Gasteiger partial charge on any atom is 0.241 e. The Bertz CT molecular complexity index is 869. The Kier molecular flexibility index (Phi) is 8.78. The summed E-state index contributed by atoms with van der Waals surface area (Å²) in [6, 6.07) is 0. The first-order chi connectivity index (χ1) is 17.3. The van der Waals surface area contributed by atoms with Crippen LogP contribution in [0.3, 0.4) is 0 Å². The highest BCUT2D eigenvalue weighted by Gasteiger charge is 2.62. The molecule has 0 amide bonds. The topological polar surface area (TPSA) is 27.7 Å². The Labute approximate surface area is 239 Å². The van der Waals surface area contributed by atoms with Gasteiger partial charge in [0.2, 0.25) is 8.32 Å². The third kappa shape index (κ3) is 6.60. The molecule has 0 aliphatic heterocycles. The fraction of sp³-hybridized carbons (Fsp3) is 0.938. The van der Waals surface area contributed by atoms with Crippen LogP contribution in [-0.2, 0) is 13.3 Å². The van der Waals surface area contributed by atoms with Gasteiger partial charge in [-0.05, 0) is 157 Å². The van der Waals surface area contributed by atoms with Gasteiger partial charge >= 0.3 is 0 Å². The van der Waals surface area contributed by atoms with E-state index in [0.717, 1.165) is 30.3 Å². The Morgan fingerprint density at radius 3 is 2.05 bits per heavy atom. The molecule has 0 aromatic rings. The van der Waals surface area contributed by atoms with Gasteiger partial charge in [0.1, 0.15) is 0 Å². The lowest BCUT2D eigenvalue weighted by Crippen LogP contribution is -2.55. The van der Waals surface area contributed by atoms with E-state index in [1.807, 2.05) is 0 Å². The van der Waals surface area contributed by atoms with E-state index >= 15 is 0 Å². The maximum atomic E-state index is 7.08. The Balaban J connectivity index is 1.60. The molecule has 0 aromatic heterocycles. The zero-order valence-electron chi connectivity index (χ0n) is 27.2. The molecule has 0 saturated heterocycles. The first-order valence-electron chi connectivity index (χ1n) is 16.0. The molecule has 4 rings (SSSR count). The quantitative estimate of drug-likeness (QED) is 0.255. The van der Waals surface area contributed by atoms with E-state index in [1.54, 1.807) is 0 Å². The largest absolute Gasteiger partial charge is 0.547 e. The molecule has 3 saturated carbocycles. The van der Waals surface area contributed by atoms with Crippen molar-refractivity contribution in [3.8, 4) is 0 Å². The molecule has 4 aliphatic carbocycles. The van der Waals surface area contributed by atoms with E-state index in [2.05, 4.69) is 85.8 Å². The highest BCUT2D eigenvalue weighted by Crippen LogP contribution is 2.68. The Morgan fingerprint density at radius 2 is 1.45 bits per heavy atom. The third-order valence-electron chi connectivity index (χ3n) is 11.0. The van der Waals surface area contributed by atoms with Gasteiger partial charge in [0.25, 0.3) is 0 Å². The maximum absolute atomic E-state index is 7.08. The zero-order chi connectivity index (χ0) is 28.3. The summed E-state index contributed by atoms with van der Waals surface area (Å²) in [6.45, 7) is 30.0. The monoisotopic (exact) mass is 578 g/mol. The highest BCUT2D eigenvalue weighted by atomic mass is 28.4. The third-order valence-corrected chi connectivity index (χ3v) is 14.0. The first-order valence-corrected chi connectivity index (χ1v) is 26.3. The summed E-state index contributed by atoms with van der Waals surface area (Å²) in [5, 5.41) is 0. The van der Waals surface area contributed by atoms with E-state index in [9.17, 15) is 0 Å². The van der Waals surface area contributed by atoms with Crippen molar-refractivity contribution in [1.29, 1.82) is 0 Å². The Morgan fingerprint density at radius 1 is 0.816 bits per heavy atom. The fourth-order valence-electron chi connectivity index (χ4n) is 9.42. The van der Waals surface area contributed by atoms with Crippen LogP contribution in [0.1, 0.15) is 72.1 Å². The number of rotatable bonds is 9. The van der Waals surface area contributed by atoms with Crippen molar-refractivity contribution < 1.29 is 13.3 Å². The Hall–Kier alpha value is 0.111. The molecule has 0 bridgehead atoms. The molecule has 3 fully saturated rings. The van der Waals surface area contributed by atoms with Crippen molar-refractivity contribution >= 4 is 25.0 Å². The molecule has 6 heteroatoms. The fourth-order valence-corrected chi connectivity index (χ4v) is 12.3. The van der Waals surface area contributed by atoms with Gasteiger partial charge < -0.3 is 13.3 Å². The summed E-state index contributed by atoms with van der Waals surface area (Å²) < 4.78 is 20.1. The van der Waals surface area contributed by atoms with E-state index in [1.165, 1.54) is 57.1 Å². The standard InChI is InChI=1S/C32H62O3Si3/c1-23(17-20-33-36(4,5)6)26-13-14-27-30-28(16-19-32(26,27)3)31(2)18-15-25(34-37(7,8)9)21-24(31)22-29(30)35-38(10,11)12/h22-28,30H,13-21H2,1-12H3/t23-,24?,25-,26-,27?,28?,30?,31+,32-/m1/s1. The van der Waals surface area contributed by atoms with Crippen LogP contribution >= 0.6 is 0 Å². The molecule has 4 unspecified atom stereocenters. The lowest BCUT2D eigenvalue weighted by atomic mass is 9.46. The van der Waals surface area contributed by atoms with Crippen LogP contribution in [0, 0.1) is 46.3 Å². The van der Waals surface area contributed by atoms with Crippen LogP contribution in [0.4, 0.5) is 0 Å². The van der Waals surface area contributed by atoms with Gasteiger partial charge in [-0.3, -0.25) is 0 Å². The second-order valence-electron chi connectivity index (χ2n) is 17.2. The molecule has 0 heterocycles. The molecule has 9 atom stereocenters. The number of hydrogen-bond acceptors (Lipinski definition) is 3. The molecule has 0 N–H and O–H groups in total. The normalized spacial score (nSPS) is 40.6. The summed E-state index contributed by atoms with van der Waals surface area (Å²) in [6.07, 6.45) is 13.7. The predicted molar refractivity (Wildman–Crippen MR) is 170 cm³/mol. The first kappa shape index (κ1) is 31.1. The molecule has 3 nitrogen and oxygen atoms in total. The van der Waals surface area contributed by atoms with Crippen LogP contribution in [0.5, 0.6) is 0 Å². The molecule has 38 heavy (non-hydrogen) atoms. The molecular weight excluding hydrogens is 517 g/mol. The minimum atomic E-state index is -1.71. The van der Waals surface area contributed by atoms with Gasteiger partial charge in [0, 0.05) is 18.6 Å². The average molecular weight is 579 g/mol. The minimum absolute atomic E-state index is 0.395. The van der Waals surface area contributed by atoms with E-state index in [4.69, 9.17) is 13.3 Å². The smallest absolute Gasteiger partial charge is 0.241 e. The van der Waals surface area contributed by atoms with Gasteiger partial charge in [-0.25, -0.2) is 0 Å². The average Bonchev–Trinajstić information content (AvgIpc) is 3.09. The van der Waals surface area contributed by atoms with Gasteiger partial charge in [0.05, 0.1) is 5.76 Å². The highest BCUT2D eigenvalue weighted by molar-refractivity contribution is 6.70. The van der Waals surface area contributed by atoms with E-state index < -0.39 is 25.0 Å². The summed E-state index contributed by atoms with van der Waals surface area (Å²) in [7, 11) is -4.68. The summed E-state index contributed by atoms with van der Waals surface area (Å²) in [5.41, 5.74) is 0.829. The van der Waals surface area contributed by atoms with Gasteiger partial charge in [0.15, 0.2) is 16.6 Å². The van der Waals surface area contributed by atoms with Crippen LogP contribution in [0.2, 0.25) is 58.9 Å². The predicted octanol–water partition coefficient (Wildman–Crippen LogP) is 9.70. The van der Waals surface area contributed by atoms with E-state index in [0.29, 0.717) is 28.8 Å². The van der Waals surface area contributed by atoms with Crippen LogP contribution in [0.15, 0.2) is 11.8 Å². The molecule has 220 valence electrons. The molecular formula is C32H62O3Si3. The van der Waals surface area contributed by atoms with Crippen LogP contribution in [-0.4, -0.2) is 37.7 Å². The second kappa shape index (κ2) is 10.7. The van der Waals surface area contributed by atoms with Crippen molar-refractivity contribution in [1.82, 2.24) is 0 Å². The van der Waals surface area contributed by atoms with Crippen molar-refractivity contribution in [3.05, 3.63) is 11.8 Å². The van der Waals surface area contributed by atoms with Gasteiger partial charge in [-0.2, -0.15) is 0 Å². The lowest BCUT2D eigenvalue weighted by Gasteiger charge is -2.60. The van der Waals surface area contributed by atoms with E-state index in [-0.39, 0.29) is 0 Å². The second-order valence-corrected chi connectivity index (χ2v) is 30.6. The molecule has 0 spiro atoms. The van der Waals surface area contributed by atoms with Crippen LogP contribution in [0.25, 0.3) is 0 Å². The van der Waals surface area contributed by atoms with Gasteiger partial charge in [-0.1, -0.05) is 20.8 Å². The molecule has 0 radical (unpaired) electrons. The number of allylic oxidation sites excluding steroid dienone is 2. The van der Waals surface area contributed by atoms with Crippen molar-refractivity contribution in [2.24, 2.45) is 46.3 Å². The number of fused-ring (bicyclic) bond motifs is 5. The molecule has 4 aliphatic rings. The van der Waals surface area contributed by atoms with Crippen LogP contribution < -0.4 is 0 Å². The summed E-state index contributed by atoms with van der Waals surface area (Å²) in [5.74, 6) is 5.72. The van der Waals surface area contributed by atoms with Crippen molar-refractivity contribution in [2.45, 2.75) is 137 Å². The number of hydrogen-bond donors (Lipinski definition) is 0. The van der Waals surface area contributed by atoms with Crippen molar-refractivity contribution in [3.63, 3.8) is 0 Å². The lowest BCUT2D eigenvalue weighted by molar-refractivity contribution is -0.0949. The minimum Gasteiger partial charge on any atom is -0.547 e.